The largest absolute Gasteiger partial charge is 0.468 e. The molecule has 3 aromatic carbocycles. The fraction of sp³-hybridized carbons (Fsp3) is 0.185. The van der Waals surface area contributed by atoms with Gasteiger partial charge in [-0.1, -0.05) is 91.0 Å². The number of benzene rings is 3. The summed E-state index contributed by atoms with van der Waals surface area (Å²) >= 11 is 0. The highest BCUT2D eigenvalue weighted by molar-refractivity contribution is 5.80. The molecule has 0 spiro atoms. The molecule has 0 aliphatic rings. The van der Waals surface area contributed by atoms with Gasteiger partial charge < -0.3 is 9.72 Å². The summed E-state index contributed by atoms with van der Waals surface area (Å²) in [4.78, 5) is 20.9. The van der Waals surface area contributed by atoms with Crippen LogP contribution in [0.2, 0.25) is 0 Å². The van der Waals surface area contributed by atoms with Crippen molar-refractivity contribution in [3.8, 4) is 0 Å². The van der Waals surface area contributed by atoms with Gasteiger partial charge in [0, 0.05) is 11.6 Å². The minimum atomic E-state index is -0.591. The van der Waals surface area contributed by atoms with E-state index in [0.717, 1.165) is 16.7 Å². The van der Waals surface area contributed by atoms with E-state index in [-0.39, 0.29) is 5.97 Å². The molecule has 1 aromatic heterocycles. The zero-order valence-electron chi connectivity index (χ0n) is 17.6. The molecule has 156 valence electrons. The predicted molar refractivity (Wildman–Crippen MR) is 122 cm³/mol. The Bertz CT molecular complexity index is 1040. The first kappa shape index (κ1) is 20.6. The standard InChI is InChI=1S/C27H26N2O2/c1-31-26(30)25(24-19-28-20-29-24)27(23-15-9-4-10-16-23,17-21-11-5-2-6-12-21)18-22-13-7-3-8-14-22/h2-16,19-20,25H,17-18H2,1H3,(H,28,29). The predicted octanol–water partition coefficient (Wildman–Crippen LogP) is 5.09. The fourth-order valence-corrected chi connectivity index (χ4v) is 4.50. The zero-order chi connectivity index (χ0) is 21.5. The maximum atomic E-state index is 13.3. The monoisotopic (exact) mass is 410 g/mol. The van der Waals surface area contributed by atoms with E-state index in [4.69, 9.17) is 4.74 Å². The second-order valence-corrected chi connectivity index (χ2v) is 7.80. The molecule has 1 atom stereocenters. The highest BCUT2D eigenvalue weighted by Crippen LogP contribution is 2.45. The minimum Gasteiger partial charge on any atom is -0.468 e. The summed E-state index contributed by atoms with van der Waals surface area (Å²) in [5.74, 6) is -0.866. The van der Waals surface area contributed by atoms with Crippen molar-refractivity contribution in [3.05, 3.63) is 126 Å². The lowest BCUT2D eigenvalue weighted by Crippen LogP contribution is -2.43. The Morgan fingerprint density at radius 2 is 1.39 bits per heavy atom. The molecule has 0 aliphatic heterocycles. The molecule has 4 heteroatoms. The second-order valence-electron chi connectivity index (χ2n) is 7.80. The van der Waals surface area contributed by atoms with Crippen molar-refractivity contribution in [1.29, 1.82) is 0 Å². The molecule has 1 unspecified atom stereocenters. The van der Waals surface area contributed by atoms with Crippen LogP contribution in [-0.4, -0.2) is 23.0 Å². The molecule has 0 saturated heterocycles. The summed E-state index contributed by atoms with van der Waals surface area (Å²) in [6, 6.07) is 30.9. The smallest absolute Gasteiger partial charge is 0.315 e. The SMILES string of the molecule is COC(=O)C(c1c[nH]cn1)C(Cc1ccccc1)(Cc1ccccc1)c1ccccc1. The molecule has 0 radical (unpaired) electrons. The van der Waals surface area contributed by atoms with Crippen molar-refractivity contribution >= 4 is 5.97 Å². The molecular weight excluding hydrogens is 384 g/mol. The summed E-state index contributed by atoms with van der Waals surface area (Å²) in [5.41, 5.74) is 3.49. The van der Waals surface area contributed by atoms with E-state index in [1.807, 2.05) is 54.6 Å². The van der Waals surface area contributed by atoms with Gasteiger partial charge in [-0.15, -0.1) is 0 Å². The van der Waals surface area contributed by atoms with Crippen LogP contribution in [0.5, 0.6) is 0 Å². The van der Waals surface area contributed by atoms with E-state index in [2.05, 4.69) is 46.4 Å². The van der Waals surface area contributed by atoms with Crippen LogP contribution >= 0.6 is 0 Å². The summed E-state index contributed by atoms with van der Waals surface area (Å²) in [5, 5.41) is 0. The van der Waals surface area contributed by atoms with Crippen LogP contribution in [0.3, 0.4) is 0 Å². The normalized spacial score (nSPS) is 12.3. The lowest BCUT2D eigenvalue weighted by Gasteiger charge is -2.40. The van der Waals surface area contributed by atoms with Crippen LogP contribution in [0.15, 0.2) is 104 Å². The van der Waals surface area contributed by atoms with E-state index >= 15 is 0 Å². The Kier molecular flexibility index (Phi) is 6.27. The van der Waals surface area contributed by atoms with Gasteiger partial charge in [-0.2, -0.15) is 0 Å². The summed E-state index contributed by atoms with van der Waals surface area (Å²) in [7, 11) is 1.45. The molecule has 4 aromatic rings. The van der Waals surface area contributed by atoms with Crippen LogP contribution in [-0.2, 0) is 27.8 Å². The van der Waals surface area contributed by atoms with E-state index < -0.39 is 11.3 Å². The number of H-pyrrole nitrogens is 1. The van der Waals surface area contributed by atoms with E-state index in [9.17, 15) is 4.79 Å². The number of esters is 1. The molecule has 0 bridgehead atoms. The number of hydrogen-bond donors (Lipinski definition) is 1. The summed E-state index contributed by atoms with van der Waals surface area (Å²) in [6.07, 6.45) is 4.75. The topological polar surface area (TPSA) is 55.0 Å². The molecule has 0 saturated carbocycles. The van der Waals surface area contributed by atoms with Crippen molar-refractivity contribution in [2.75, 3.05) is 7.11 Å². The van der Waals surface area contributed by atoms with Gasteiger partial charge in [0.05, 0.1) is 19.1 Å². The molecule has 1 heterocycles. The third-order valence-corrected chi connectivity index (χ3v) is 5.88. The van der Waals surface area contributed by atoms with Gasteiger partial charge in [0.1, 0.15) is 5.92 Å². The number of nitrogens with one attached hydrogen (secondary N) is 1. The van der Waals surface area contributed by atoms with Gasteiger partial charge in [-0.25, -0.2) is 4.98 Å². The van der Waals surface area contributed by atoms with Crippen LogP contribution in [0.1, 0.15) is 28.3 Å². The lowest BCUT2D eigenvalue weighted by molar-refractivity contribution is -0.144. The highest BCUT2D eigenvalue weighted by Gasteiger charge is 2.47. The summed E-state index contributed by atoms with van der Waals surface area (Å²) in [6.45, 7) is 0. The quantitative estimate of drug-likeness (QED) is 0.412. The molecule has 31 heavy (non-hydrogen) atoms. The van der Waals surface area contributed by atoms with Crippen molar-refractivity contribution in [2.24, 2.45) is 0 Å². The molecule has 4 rings (SSSR count). The average molecular weight is 411 g/mol. The third kappa shape index (κ3) is 4.43. The number of aromatic amines is 1. The maximum Gasteiger partial charge on any atom is 0.315 e. The number of aromatic nitrogens is 2. The highest BCUT2D eigenvalue weighted by atomic mass is 16.5. The van der Waals surface area contributed by atoms with Crippen molar-refractivity contribution in [1.82, 2.24) is 9.97 Å². The Morgan fingerprint density at radius 3 is 1.84 bits per heavy atom. The third-order valence-electron chi connectivity index (χ3n) is 5.88. The van der Waals surface area contributed by atoms with Crippen LogP contribution in [0.4, 0.5) is 0 Å². The Balaban J connectivity index is 1.96. The number of hydrogen-bond acceptors (Lipinski definition) is 3. The van der Waals surface area contributed by atoms with Gasteiger partial charge in [-0.05, 0) is 29.5 Å². The number of ether oxygens (including phenoxy) is 1. The minimum absolute atomic E-state index is 0.289. The second kappa shape index (κ2) is 9.43. The van der Waals surface area contributed by atoms with Crippen molar-refractivity contribution < 1.29 is 9.53 Å². The summed E-state index contributed by atoms with van der Waals surface area (Å²) < 4.78 is 5.35. The maximum absolute atomic E-state index is 13.3. The van der Waals surface area contributed by atoms with Gasteiger partial charge in [-0.3, -0.25) is 4.79 Å². The molecule has 4 nitrogen and oxygen atoms in total. The van der Waals surface area contributed by atoms with Gasteiger partial charge in [0.25, 0.3) is 0 Å². The van der Waals surface area contributed by atoms with E-state index in [0.29, 0.717) is 18.5 Å². The number of methoxy groups -OCH3 is 1. The van der Waals surface area contributed by atoms with Crippen LogP contribution in [0.25, 0.3) is 0 Å². The molecule has 1 N–H and O–H groups in total. The first-order chi connectivity index (χ1) is 15.2. The van der Waals surface area contributed by atoms with Crippen LogP contribution in [0, 0.1) is 0 Å². The van der Waals surface area contributed by atoms with Crippen molar-refractivity contribution in [3.63, 3.8) is 0 Å². The number of rotatable bonds is 8. The Hall–Kier alpha value is -3.66. The Labute approximate surface area is 182 Å². The number of imidazole rings is 1. The fourth-order valence-electron chi connectivity index (χ4n) is 4.50. The lowest BCUT2D eigenvalue weighted by atomic mass is 9.62. The van der Waals surface area contributed by atoms with Gasteiger partial charge in [0.2, 0.25) is 0 Å². The first-order valence-electron chi connectivity index (χ1n) is 10.4. The average Bonchev–Trinajstić information content (AvgIpc) is 3.35. The van der Waals surface area contributed by atoms with Crippen molar-refractivity contribution in [2.45, 2.75) is 24.2 Å². The first-order valence-corrected chi connectivity index (χ1v) is 10.4. The van der Waals surface area contributed by atoms with Crippen LogP contribution < -0.4 is 0 Å². The Morgan fingerprint density at radius 1 is 0.871 bits per heavy atom. The molecule has 0 aliphatic carbocycles. The zero-order valence-corrected chi connectivity index (χ0v) is 17.6. The molecule has 0 amide bonds. The number of nitrogens with zero attached hydrogens (tertiary/aromatic N) is 1. The van der Waals surface area contributed by atoms with Gasteiger partial charge >= 0.3 is 5.97 Å². The van der Waals surface area contributed by atoms with E-state index in [1.54, 1.807) is 12.5 Å². The number of carbonyl (C=O) groups is 1. The molecular formula is C27H26N2O2. The van der Waals surface area contributed by atoms with E-state index in [1.165, 1.54) is 7.11 Å². The van der Waals surface area contributed by atoms with Gasteiger partial charge in [0.15, 0.2) is 0 Å². The number of carbonyl (C=O) groups excluding carboxylic acids is 1. The molecule has 0 fully saturated rings.